The number of hydrogen-bond acceptors (Lipinski definition) is 5. The maximum Gasteiger partial charge on any atom is 0.309 e. The molecule has 1 aromatic carbocycles. The van der Waals surface area contributed by atoms with Crippen LogP contribution in [0.4, 0.5) is 0 Å². The van der Waals surface area contributed by atoms with Gasteiger partial charge in [0.25, 0.3) is 0 Å². The second-order valence-corrected chi connectivity index (χ2v) is 6.73. The van der Waals surface area contributed by atoms with E-state index in [1.807, 2.05) is 31.2 Å². The summed E-state index contributed by atoms with van der Waals surface area (Å²) in [6, 6.07) is 11.2. The number of aryl methyl sites for hydroxylation is 1. The summed E-state index contributed by atoms with van der Waals surface area (Å²) in [6.45, 7) is 2.52. The van der Waals surface area contributed by atoms with Crippen LogP contribution in [0.2, 0.25) is 0 Å². The average molecular weight is 362 g/mol. The lowest BCUT2D eigenvalue weighted by molar-refractivity contribution is -0.139. The number of thiophene rings is 1. The molecule has 2 N–H and O–H groups in total. The summed E-state index contributed by atoms with van der Waals surface area (Å²) in [5, 5.41) is 5.20. The van der Waals surface area contributed by atoms with Crippen molar-refractivity contribution in [1.29, 1.82) is 0 Å². The van der Waals surface area contributed by atoms with E-state index in [-0.39, 0.29) is 19.2 Å². The zero-order valence-electron chi connectivity index (χ0n) is 14.5. The van der Waals surface area contributed by atoms with Gasteiger partial charge < -0.3 is 20.1 Å². The maximum atomic E-state index is 11.9. The molecular weight excluding hydrogens is 340 g/mol. The number of rotatable bonds is 7. The fourth-order valence-electron chi connectivity index (χ4n) is 2.20. The van der Waals surface area contributed by atoms with Crippen molar-refractivity contribution in [1.82, 2.24) is 10.6 Å². The molecule has 1 aromatic heterocycles. The minimum atomic E-state index is -0.677. The Hall–Kier alpha value is -2.38. The first-order valence-electron chi connectivity index (χ1n) is 7.81. The van der Waals surface area contributed by atoms with Crippen molar-refractivity contribution < 1.29 is 19.1 Å². The SMILES string of the molecule is COc1ccc(CNC(=O)C(=O)NCC(OC)c2ccc(C)s2)cc1. The Labute approximate surface area is 151 Å². The van der Waals surface area contributed by atoms with E-state index in [9.17, 15) is 9.59 Å². The summed E-state index contributed by atoms with van der Waals surface area (Å²) in [5.41, 5.74) is 0.880. The standard InChI is InChI=1S/C18H22N2O4S/c1-12-4-9-16(25-12)15(24-3)11-20-18(22)17(21)19-10-13-5-7-14(23-2)8-6-13/h4-9,15H,10-11H2,1-3H3,(H,19,21)(H,20,22). The van der Waals surface area contributed by atoms with Crippen LogP contribution in [0.3, 0.4) is 0 Å². The van der Waals surface area contributed by atoms with Gasteiger partial charge in [0.05, 0.1) is 7.11 Å². The van der Waals surface area contributed by atoms with Gasteiger partial charge in [-0.1, -0.05) is 12.1 Å². The molecule has 0 saturated carbocycles. The Bertz CT molecular complexity index is 712. The highest BCUT2D eigenvalue weighted by Gasteiger charge is 2.17. The topological polar surface area (TPSA) is 76.7 Å². The summed E-state index contributed by atoms with van der Waals surface area (Å²) in [6.07, 6.45) is -0.267. The van der Waals surface area contributed by atoms with Crippen LogP contribution in [-0.4, -0.2) is 32.6 Å². The van der Waals surface area contributed by atoms with Gasteiger partial charge in [0.2, 0.25) is 0 Å². The van der Waals surface area contributed by atoms with Crippen molar-refractivity contribution in [2.24, 2.45) is 0 Å². The molecular formula is C18H22N2O4S. The molecule has 0 spiro atoms. The van der Waals surface area contributed by atoms with Crippen molar-refractivity contribution >= 4 is 23.2 Å². The lowest BCUT2D eigenvalue weighted by Gasteiger charge is -2.14. The van der Waals surface area contributed by atoms with E-state index in [0.29, 0.717) is 0 Å². The Balaban J connectivity index is 1.80. The molecule has 0 aliphatic heterocycles. The van der Waals surface area contributed by atoms with Gasteiger partial charge in [-0.2, -0.15) is 0 Å². The third-order valence-corrected chi connectivity index (χ3v) is 4.72. The zero-order chi connectivity index (χ0) is 18.2. The summed E-state index contributed by atoms with van der Waals surface area (Å²) in [5.74, 6) is -0.612. The van der Waals surface area contributed by atoms with Gasteiger partial charge >= 0.3 is 11.8 Å². The van der Waals surface area contributed by atoms with Gasteiger partial charge in [-0.3, -0.25) is 9.59 Å². The normalized spacial score (nSPS) is 11.6. The molecule has 0 radical (unpaired) electrons. The van der Waals surface area contributed by atoms with Crippen LogP contribution >= 0.6 is 11.3 Å². The molecule has 0 bridgehead atoms. The zero-order valence-corrected chi connectivity index (χ0v) is 15.3. The molecule has 2 aromatic rings. The van der Waals surface area contributed by atoms with E-state index in [0.717, 1.165) is 16.2 Å². The Kier molecular flexibility index (Phi) is 6.97. The molecule has 0 fully saturated rings. The first-order valence-corrected chi connectivity index (χ1v) is 8.63. The van der Waals surface area contributed by atoms with Crippen LogP contribution < -0.4 is 15.4 Å². The van der Waals surface area contributed by atoms with Gasteiger partial charge in [-0.15, -0.1) is 11.3 Å². The molecule has 6 nitrogen and oxygen atoms in total. The van der Waals surface area contributed by atoms with Gasteiger partial charge in [0.1, 0.15) is 11.9 Å². The Morgan fingerprint density at radius 3 is 2.28 bits per heavy atom. The van der Waals surface area contributed by atoms with Crippen LogP contribution in [0.1, 0.15) is 21.4 Å². The smallest absolute Gasteiger partial charge is 0.309 e. The van der Waals surface area contributed by atoms with Gasteiger partial charge in [-0.25, -0.2) is 0 Å². The molecule has 0 saturated heterocycles. The first-order chi connectivity index (χ1) is 12.0. The highest BCUT2D eigenvalue weighted by molar-refractivity contribution is 7.12. The van der Waals surface area contributed by atoms with Crippen molar-refractivity contribution in [2.45, 2.75) is 19.6 Å². The number of ether oxygens (including phenoxy) is 2. The van der Waals surface area contributed by atoms with E-state index < -0.39 is 11.8 Å². The van der Waals surface area contributed by atoms with Gasteiger partial charge in [0, 0.05) is 30.0 Å². The number of amides is 2. The number of carbonyl (C=O) groups excluding carboxylic acids is 2. The molecule has 0 aliphatic rings. The molecule has 0 aliphatic carbocycles. The monoisotopic (exact) mass is 362 g/mol. The van der Waals surface area contributed by atoms with Crippen molar-refractivity contribution in [2.75, 3.05) is 20.8 Å². The molecule has 1 heterocycles. The van der Waals surface area contributed by atoms with E-state index in [4.69, 9.17) is 9.47 Å². The molecule has 1 unspecified atom stereocenters. The Morgan fingerprint density at radius 2 is 1.72 bits per heavy atom. The molecule has 7 heteroatoms. The van der Waals surface area contributed by atoms with Crippen molar-refractivity contribution in [3.05, 3.63) is 51.7 Å². The van der Waals surface area contributed by atoms with Crippen LogP contribution in [0.25, 0.3) is 0 Å². The second-order valence-electron chi connectivity index (χ2n) is 5.41. The minimum Gasteiger partial charge on any atom is -0.497 e. The summed E-state index contributed by atoms with van der Waals surface area (Å²) >= 11 is 1.60. The van der Waals surface area contributed by atoms with Crippen molar-refractivity contribution in [3.8, 4) is 5.75 Å². The van der Waals surface area contributed by atoms with Crippen LogP contribution in [0, 0.1) is 6.92 Å². The lowest BCUT2D eigenvalue weighted by atomic mass is 10.2. The van der Waals surface area contributed by atoms with E-state index >= 15 is 0 Å². The molecule has 2 amide bonds. The fraction of sp³-hybridized carbons (Fsp3) is 0.333. The van der Waals surface area contributed by atoms with Crippen LogP contribution in [-0.2, 0) is 20.9 Å². The predicted octanol–water partition coefficient (Wildman–Crippen LogP) is 2.19. The second kappa shape index (κ2) is 9.19. The van der Waals surface area contributed by atoms with Gasteiger partial charge in [-0.05, 0) is 36.8 Å². The summed E-state index contributed by atoms with van der Waals surface area (Å²) in [4.78, 5) is 26.0. The number of methoxy groups -OCH3 is 2. The van der Waals surface area contributed by atoms with E-state index in [1.54, 1.807) is 37.7 Å². The van der Waals surface area contributed by atoms with Crippen LogP contribution in [0.15, 0.2) is 36.4 Å². The maximum absolute atomic E-state index is 11.9. The average Bonchev–Trinajstić information content (AvgIpc) is 3.06. The predicted molar refractivity (Wildman–Crippen MR) is 96.7 cm³/mol. The van der Waals surface area contributed by atoms with Crippen molar-refractivity contribution in [3.63, 3.8) is 0 Å². The summed E-state index contributed by atoms with van der Waals surface area (Å²) < 4.78 is 10.5. The highest BCUT2D eigenvalue weighted by Crippen LogP contribution is 2.24. The third kappa shape index (κ3) is 5.58. The Morgan fingerprint density at radius 1 is 1.04 bits per heavy atom. The number of carbonyl (C=O) groups is 2. The van der Waals surface area contributed by atoms with Crippen LogP contribution in [0.5, 0.6) is 5.75 Å². The largest absolute Gasteiger partial charge is 0.497 e. The fourth-order valence-corrected chi connectivity index (χ4v) is 3.15. The first kappa shape index (κ1) is 19.0. The molecule has 134 valence electrons. The molecule has 1 atom stereocenters. The molecule has 25 heavy (non-hydrogen) atoms. The van der Waals surface area contributed by atoms with Gasteiger partial charge in [0.15, 0.2) is 0 Å². The summed E-state index contributed by atoms with van der Waals surface area (Å²) in [7, 11) is 3.17. The lowest BCUT2D eigenvalue weighted by Crippen LogP contribution is -2.41. The number of benzene rings is 1. The quantitative estimate of drug-likeness (QED) is 0.740. The highest BCUT2D eigenvalue weighted by atomic mass is 32.1. The third-order valence-electron chi connectivity index (χ3n) is 3.63. The van der Waals surface area contributed by atoms with E-state index in [1.165, 1.54) is 4.88 Å². The number of nitrogens with one attached hydrogen (secondary N) is 2. The van der Waals surface area contributed by atoms with E-state index in [2.05, 4.69) is 10.6 Å². The minimum absolute atomic E-state index is 0.241. The number of hydrogen-bond donors (Lipinski definition) is 2. The molecule has 2 rings (SSSR count).